The van der Waals surface area contributed by atoms with E-state index in [1.807, 2.05) is 52.1 Å². The van der Waals surface area contributed by atoms with Crippen molar-refractivity contribution < 1.29 is 9.53 Å². The monoisotopic (exact) mass is 264 g/mol. The molecule has 0 aliphatic heterocycles. The number of ether oxygens (including phenoxy) is 1. The highest BCUT2D eigenvalue weighted by Gasteiger charge is 2.13. The van der Waals surface area contributed by atoms with Crippen LogP contribution in [0.5, 0.6) is 5.75 Å². The summed E-state index contributed by atoms with van der Waals surface area (Å²) in [7, 11) is 1.84. The van der Waals surface area contributed by atoms with Gasteiger partial charge in [-0.1, -0.05) is 25.1 Å². The number of hydrogen-bond acceptors (Lipinski definition) is 3. The summed E-state index contributed by atoms with van der Waals surface area (Å²) in [5.41, 5.74) is 1.10. The fourth-order valence-corrected chi connectivity index (χ4v) is 1.76. The lowest BCUT2D eigenvalue weighted by molar-refractivity contribution is -0.124. The van der Waals surface area contributed by atoms with Crippen molar-refractivity contribution in [1.29, 1.82) is 0 Å². The quantitative estimate of drug-likeness (QED) is 0.788. The van der Waals surface area contributed by atoms with Gasteiger partial charge in [-0.2, -0.15) is 0 Å². The van der Waals surface area contributed by atoms with Crippen LogP contribution in [0.1, 0.15) is 19.4 Å². The van der Waals surface area contributed by atoms with Crippen molar-refractivity contribution >= 4 is 5.91 Å². The Balaban J connectivity index is 2.38. The largest absolute Gasteiger partial charge is 0.489 e. The van der Waals surface area contributed by atoms with E-state index >= 15 is 0 Å². The molecule has 4 heteroatoms. The van der Waals surface area contributed by atoms with Crippen LogP contribution < -0.4 is 15.4 Å². The van der Waals surface area contributed by atoms with Gasteiger partial charge in [0.2, 0.25) is 5.91 Å². The summed E-state index contributed by atoms with van der Waals surface area (Å²) in [4.78, 5) is 11.8. The van der Waals surface area contributed by atoms with Gasteiger partial charge in [0.05, 0.1) is 6.54 Å². The highest BCUT2D eigenvalue weighted by atomic mass is 16.5. The van der Waals surface area contributed by atoms with Crippen LogP contribution in [0, 0.1) is 12.8 Å². The van der Waals surface area contributed by atoms with Gasteiger partial charge in [-0.05, 0) is 32.5 Å². The van der Waals surface area contributed by atoms with E-state index in [-0.39, 0.29) is 17.9 Å². The first-order valence-electron chi connectivity index (χ1n) is 6.69. The average molecular weight is 264 g/mol. The number of aryl methyl sites for hydroxylation is 1. The smallest absolute Gasteiger partial charge is 0.224 e. The molecule has 1 aromatic rings. The summed E-state index contributed by atoms with van der Waals surface area (Å²) in [6.07, 6.45) is -0.0492. The van der Waals surface area contributed by atoms with E-state index in [0.29, 0.717) is 13.1 Å². The Kier molecular flexibility index (Phi) is 6.36. The van der Waals surface area contributed by atoms with Crippen molar-refractivity contribution in [3.05, 3.63) is 29.8 Å². The van der Waals surface area contributed by atoms with Crippen LogP contribution in [0.15, 0.2) is 24.3 Å². The maximum atomic E-state index is 11.8. The molecular formula is C15H24N2O2. The molecule has 0 spiro atoms. The molecule has 19 heavy (non-hydrogen) atoms. The molecule has 0 aliphatic rings. The Morgan fingerprint density at radius 3 is 2.58 bits per heavy atom. The molecule has 0 fully saturated rings. The molecule has 2 unspecified atom stereocenters. The van der Waals surface area contributed by atoms with Crippen LogP contribution in [-0.4, -0.2) is 32.1 Å². The van der Waals surface area contributed by atoms with Crippen LogP contribution in [0.4, 0.5) is 0 Å². The van der Waals surface area contributed by atoms with Crippen LogP contribution in [-0.2, 0) is 4.79 Å². The molecule has 1 rings (SSSR count). The van der Waals surface area contributed by atoms with Gasteiger partial charge in [0.25, 0.3) is 0 Å². The molecule has 0 aliphatic carbocycles. The summed E-state index contributed by atoms with van der Waals surface area (Å²) < 4.78 is 5.80. The number of nitrogens with one attached hydrogen (secondary N) is 2. The number of benzene rings is 1. The lowest BCUT2D eigenvalue weighted by Crippen LogP contribution is -2.39. The van der Waals surface area contributed by atoms with E-state index in [2.05, 4.69) is 10.6 Å². The first kappa shape index (κ1) is 15.5. The van der Waals surface area contributed by atoms with Gasteiger partial charge in [-0.15, -0.1) is 0 Å². The third kappa shape index (κ3) is 5.30. The third-order valence-electron chi connectivity index (χ3n) is 2.94. The normalized spacial score (nSPS) is 13.7. The zero-order valence-electron chi connectivity index (χ0n) is 12.2. The highest BCUT2D eigenvalue weighted by Crippen LogP contribution is 2.17. The van der Waals surface area contributed by atoms with Crippen molar-refractivity contribution in [2.24, 2.45) is 5.92 Å². The first-order chi connectivity index (χ1) is 9.04. The minimum absolute atomic E-state index is 0.0318. The van der Waals surface area contributed by atoms with E-state index in [1.54, 1.807) is 0 Å². The second-order valence-corrected chi connectivity index (χ2v) is 4.90. The molecule has 1 aromatic carbocycles. The number of para-hydroxylation sites is 1. The van der Waals surface area contributed by atoms with Gasteiger partial charge in [-0.3, -0.25) is 4.79 Å². The summed E-state index contributed by atoms with van der Waals surface area (Å²) in [6, 6.07) is 7.88. The molecule has 0 aromatic heterocycles. The van der Waals surface area contributed by atoms with E-state index in [0.717, 1.165) is 11.3 Å². The zero-order chi connectivity index (χ0) is 14.3. The Hall–Kier alpha value is -1.55. The Labute approximate surface area is 115 Å². The molecule has 0 saturated heterocycles. The van der Waals surface area contributed by atoms with Crippen molar-refractivity contribution in [3.63, 3.8) is 0 Å². The van der Waals surface area contributed by atoms with Gasteiger partial charge in [0.15, 0.2) is 0 Å². The van der Waals surface area contributed by atoms with Gasteiger partial charge in [0.1, 0.15) is 11.9 Å². The maximum absolute atomic E-state index is 11.8. The zero-order valence-corrected chi connectivity index (χ0v) is 12.2. The lowest BCUT2D eigenvalue weighted by Gasteiger charge is -2.18. The summed E-state index contributed by atoms with van der Waals surface area (Å²) >= 11 is 0. The number of rotatable bonds is 7. The average Bonchev–Trinajstić information content (AvgIpc) is 2.39. The van der Waals surface area contributed by atoms with Crippen molar-refractivity contribution in [2.45, 2.75) is 26.9 Å². The van der Waals surface area contributed by atoms with Crippen molar-refractivity contribution in [2.75, 3.05) is 20.1 Å². The molecule has 2 atom stereocenters. The minimum atomic E-state index is -0.0492. The fraction of sp³-hybridized carbons (Fsp3) is 0.533. The first-order valence-corrected chi connectivity index (χ1v) is 6.69. The molecule has 1 amide bonds. The van der Waals surface area contributed by atoms with Gasteiger partial charge in [0, 0.05) is 12.5 Å². The predicted molar refractivity (Wildman–Crippen MR) is 77.4 cm³/mol. The van der Waals surface area contributed by atoms with E-state index < -0.39 is 0 Å². The molecule has 0 radical (unpaired) electrons. The molecule has 2 N–H and O–H groups in total. The molecule has 4 nitrogen and oxygen atoms in total. The number of carbonyl (C=O) groups is 1. The van der Waals surface area contributed by atoms with Crippen LogP contribution in [0.3, 0.4) is 0 Å². The lowest BCUT2D eigenvalue weighted by atomic mass is 10.1. The number of amides is 1. The molecule has 0 heterocycles. The van der Waals surface area contributed by atoms with Gasteiger partial charge < -0.3 is 15.4 Å². The van der Waals surface area contributed by atoms with Gasteiger partial charge in [-0.25, -0.2) is 0 Å². The highest BCUT2D eigenvalue weighted by molar-refractivity contribution is 5.78. The van der Waals surface area contributed by atoms with Crippen molar-refractivity contribution in [1.82, 2.24) is 10.6 Å². The predicted octanol–water partition coefficient (Wildman–Crippen LogP) is 1.73. The maximum Gasteiger partial charge on any atom is 0.224 e. The second kappa shape index (κ2) is 7.79. The topological polar surface area (TPSA) is 50.4 Å². The number of carbonyl (C=O) groups excluding carboxylic acids is 1. The van der Waals surface area contributed by atoms with E-state index in [4.69, 9.17) is 4.74 Å². The Morgan fingerprint density at radius 2 is 1.95 bits per heavy atom. The number of hydrogen-bond donors (Lipinski definition) is 2. The summed E-state index contributed by atoms with van der Waals surface area (Å²) in [5.74, 6) is 0.887. The SMILES string of the molecule is CNCC(C)C(=O)NCC(C)Oc1ccccc1C. The Bertz CT molecular complexity index is 407. The van der Waals surface area contributed by atoms with Crippen LogP contribution >= 0.6 is 0 Å². The molecule has 0 bridgehead atoms. The second-order valence-electron chi connectivity index (χ2n) is 4.90. The Morgan fingerprint density at radius 1 is 1.26 bits per heavy atom. The molecule has 0 saturated carbocycles. The van der Waals surface area contributed by atoms with Gasteiger partial charge >= 0.3 is 0 Å². The van der Waals surface area contributed by atoms with E-state index in [1.165, 1.54) is 0 Å². The molecule has 106 valence electrons. The van der Waals surface area contributed by atoms with Crippen molar-refractivity contribution in [3.8, 4) is 5.75 Å². The summed E-state index contributed by atoms with van der Waals surface area (Å²) in [5, 5.41) is 5.89. The molecular weight excluding hydrogens is 240 g/mol. The minimum Gasteiger partial charge on any atom is -0.489 e. The van der Waals surface area contributed by atoms with Crippen LogP contribution in [0.2, 0.25) is 0 Å². The fourth-order valence-electron chi connectivity index (χ4n) is 1.76. The van der Waals surface area contributed by atoms with E-state index in [9.17, 15) is 4.79 Å². The summed E-state index contributed by atoms with van der Waals surface area (Å²) in [6.45, 7) is 7.06. The standard InChI is InChI=1S/C15H24N2O2/c1-11-7-5-6-8-14(11)19-13(3)10-17-15(18)12(2)9-16-4/h5-8,12-13,16H,9-10H2,1-4H3,(H,17,18). The third-order valence-corrected chi connectivity index (χ3v) is 2.94. The van der Waals surface area contributed by atoms with Crippen LogP contribution in [0.25, 0.3) is 0 Å².